The molecule has 8 heteroatoms. The molecular formula is C13H13BrN2O3S2. The Bertz CT molecular complexity index is 668. The molecule has 1 atom stereocenters. The van der Waals surface area contributed by atoms with E-state index < -0.39 is 11.9 Å². The summed E-state index contributed by atoms with van der Waals surface area (Å²) in [6, 6.07) is 3.88. The summed E-state index contributed by atoms with van der Waals surface area (Å²) in [6.07, 6.45) is 0. The molecule has 2 aromatic heterocycles. The first-order valence-electron chi connectivity index (χ1n) is 6.08. The van der Waals surface area contributed by atoms with E-state index in [4.69, 9.17) is 5.11 Å². The highest BCUT2D eigenvalue weighted by Gasteiger charge is 2.21. The lowest BCUT2D eigenvalue weighted by Crippen LogP contribution is -2.33. The number of aromatic nitrogens is 1. The van der Waals surface area contributed by atoms with Crippen molar-refractivity contribution < 1.29 is 14.7 Å². The normalized spacial score (nSPS) is 12.1. The smallest absolute Gasteiger partial charge is 0.308 e. The molecule has 0 aromatic carbocycles. The Morgan fingerprint density at radius 3 is 2.76 bits per heavy atom. The number of carboxylic acid groups (broad SMARTS) is 1. The van der Waals surface area contributed by atoms with E-state index in [1.807, 2.05) is 12.1 Å². The topological polar surface area (TPSA) is 70.5 Å². The Morgan fingerprint density at radius 1 is 1.48 bits per heavy atom. The van der Waals surface area contributed by atoms with Gasteiger partial charge in [0.2, 0.25) is 0 Å². The predicted octanol–water partition coefficient (Wildman–Crippen LogP) is 3.43. The van der Waals surface area contributed by atoms with Gasteiger partial charge in [-0.3, -0.25) is 9.59 Å². The van der Waals surface area contributed by atoms with Crippen molar-refractivity contribution in [3.05, 3.63) is 27.0 Å². The van der Waals surface area contributed by atoms with E-state index in [0.717, 1.165) is 13.7 Å². The fourth-order valence-corrected chi connectivity index (χ4v) is 3.93. The van der Waals surface area contributed by atoms with Gasteiger partial charge in [-0.25, -0.2) is 4.98 Å². The number of nitrogens with zero attached hydrogens (tertiary/aromatic N) is 2. The Morgan fingerprint density at radius 2 is 2.19 bits per heavy atom. The maximum Gasteiger partial charge on any atom is 0.308 e. The number of amides is 1. The summed E-state index contributed by atoms with van der Waals surface area (Å²) in [5.41, 5.74) is 0.347. The zero-order valence-corrected chi connectivity index (χ0v) is 14.6. The molecule has 0 spiro atoms. The number of halogens is 1. The molecule has 0 aliphatic carbocycles. The average Bonchev–Trinajstić information content (AvgIpc) is 3.05. The van der Waals surface area contributed by atoms with Crippen molar-refractivity contribution >= 4 is 50.5 Å². The average molecular weight is 389 g/mol. The monoisotopic (exact) mass is 388 g/mol. The molecule has 0 bridgehead atoms. The van der Waals surface area contributed by atoms with Gasteiger partial charge in [-0.1, -0.05) is 6.92 Å². The molecule has 0 aliphatic rings. The van der Waals surface area contributed by atoms with Crippen molar-refractivity contribution in [3.8, 4) is 9.88 Å². The lowest BCUT2D eigenvalue weighted by molar-refractivity contribution is -0.141. The van der Waals surface area contributed by atoms with Crippen molar-refractivity contribution in [1.29, 1.82) is 0 Å². The zero-order chi connectivity index (χ0) is 15.6. The molecule has 0 aliphatic heterocycles. The fourth-order valence-electron chi connectivity index (χ4n) is 1.68. The van der Waals surface area contributed by atoms with Crippen LogP contribution in [0.3, 0.4) is 0 Å². The van der Waals surface area contributed by atoms with Crippen LogP contribution in [0.1, 0.15) is 17.4 Å². The van der Waals surface area contributed by atoms with Crippen LogP contribution in [0.2, 0.25) is 0 Å². The van der Waals surface area contributed by atoms with Crippen LogP contribution in [0.5, 0.6) is 0 Å². The number of carbonyl (C=O) groups excluding carboxylic acids is 1. The lowest BCUT2D eigenvalue weighted by atomic mass is 10.2. The predicted molar refractivity (Wildman–Crippen MR) is 86.9 cm³/mol. The van der Waals surface area contributed by atoms with Gasteiger partial charge >= 0.3 is 5.97 Å². The van der Waals surface area contributed by atoms with E-state index in [0.29, 0.717) is 5.69 Å². The highest BCUT2D eigenvalue weighted by Crippen LogP contribution is 2.33. The van der Waals surface area contributed by atoms with E-state index in [2.05, 4.69) is 20.9 Å². The molecule has 112 valence electrons. The molecule has 1 amide bonds. The van der Waals surface area contributed by atoms with Crippen molar-refractivity contribution in [2.75, 3.05) is 13.6 Å². The van der Waals surface area contributed by atoms with E-state index in [1.165, 1.54) is 16.2 Å². The third-order valence-corrected chi connectivity index (χ3v) is 5.46. The van der Waals surface area contributed by atoms with E-state index in [9.17, 15) is 9.59 Å². The van der Waals surface area contributed by atoms with Gasteiger partial charge in [0.1, 0.15) is 10.7 Å². The SMILES string of the molecule is CC(CN(C)C(=O)c1csc(-c2ccc(Br)s2)n1)C(=O)O. The molecule has 2 rings (SSSR count). The zero-order valence-electron chi connectivity index (χ0n) is 11.4. The van der Waals surface area contributed by atoms with Crippen LogP contribution in [0.25, 0.3) is 9.88 Å². The Balaban J connectivity index is 2.10. The number of hydrogen-bond acceptors (Lipinski definition) is 5. The highest BCUT2D eigenvalue weighted by atomic mass is 79.9. The maximum atomic E-state index is 12.2. The number of carbonyl (C=O) groups is 2. The third kappa shape index (κ3) is 3.90. The second-order valence-electron chi connectivity index (χ2n) is 4.57. The first-order valence-corrected chi connectivity index (χ1v) is 8.57. The van der Waals surface area contributed by atoms with Gasteiger partial charge in [0.05, 0.1) is 14.6 Å². The first-order chi connectivity index (χ1) is 9.88. The van der Waals surface area contributed by atoms with Crippen LogP contribution in [0, 0.1) is 5.92 Å². The van der Waals surface area contributed by atoms with E-state index in [-0.39, 0.29) is 12.5 Å². The molecule has 21 heavy (non-hydrogen) atoms. The van der Waals surface area contributed by atoms with Crippen LogP contribution in [0.15, 0.2) is 21.3 Å². The van der Waals surface area contributed by atoms with Gasteiger partial charge in [0.15, 0.2) is 0 Å². The molecule has 0 saturated carbocycles. The van der Waals surface area contributed by atoms with Gasteiger partial charge in [0, 0.05) is 19.0 Å². The van der Waals surface area contributed by atoms with Crippen LogP contribution in [0.4, 0.5) is 0 Å². The van der Waals surface area contributed by atoms with E-state index in [1.54, 1.807) is 30.7 Å². The summed E-state index contributed by atoms with van der Waals surface area (Å²) >= 11 is 6.35. The number of hydrogen-bond donors (Lipinski definition) is 1. The van der Waals surface area contributed by atoms with Crippen LogP contribution < -0.4 is 0 Å². The molecule has 1 unspecified atom stereocenters. The van der Waals surface area contributed by atoms with Gasteiger partial charge in [-0.2, -0.15) is 0 Å². The number of thiophene rings is 1. The summed E-state index contributed by atoms with van der Waals surface area (Å²) < 4.78 is 1.01. The Labute approximate surface area is 138 Å². The van der Waals surface area contributed by atoms with Gasteiger partial charge in [-0.15, -0.1) is 22.7 Å². The van der Waals surface area contributed by atoms with Gasteiger partial charge in [-0.05, 0) is 28.1 Å². The summed E-state index contributed by atoms with van der Waals surface area (Å²) in [5, 5.41) is 11.4. The van der Waals surface area contributed by atoms with Crippen molar-refractivity contribution in [3.63, 3.8) is 0 Å². The summed E-state index contributed by atoms with van der Waals surface area (Å²) in [4.78, 5) is 29.8. The molecule has 5 nitrogen and oxygen atoms in total. The quantitative estimate of drug-likeness (QED) is 0.851. The molecular weight excluding hydrogens is 376 g/mol. The number of carboxylic acids is 1. The van der Waals surface area contributed by atoms with Crippen LogP contribution in [-0.4, -0.2) is 40.5 Å². The Hall–Kier alpha value is -1.25. The van der Waals surface area contributed by atoms with Crippen LogP contribution in [-0.2, 0) is 4.79 Å². The molecule has 0 radical (unpaired) electrons. The largest absolute Gasteiger partial charge is 0.481 e. The lowest BCUT2D eigenvalue weighted by Gasteiger charge is -2.18. The minimum absolute atomic E-state index is 0.158. The maximum absolute atomic E-state index is 12.2. The number of thiazole rings is 1. The molecule has 2 heterocycles. The summed E-state index contributed by atoms with van der Waals surface area (Å²) in [5.74, 6) is -1.79. The minimum atomic E-state index is -0.919. The molecule has 1 N–H and O–H groups in total. The van der Waals surface area contributed by atoms with Crippen molar-refractivity contribution in [1.82, 2.24) is 9.88 Å². The van der Waals surface area contributed by atoms with Gasteiger partial charge < -0.3 is 10.0 Å². The molecule has 0 fully saturated rings. The fraction of sp³-hybridized carbons (Fsp3) is 0.308. The van der Waals surface area contributed by atoms with Crippen LogP contribution >= 0.6 is 38.6 Å². The summed E-state index contributed by atoms with van der Waals surface area (Å²) in [7, 11) is 1.59. The second-order valence-corrected chi connectivity index (χ2v) is 7.89. The molecule has 0 saturated heterocycles. The number of aliphatic carboxylic acids is 1. The number of rotatable bonds is 5. The van der Waals surface area contributed by atoms with E-state index >= 15 is 0 Å². The second kappa shape index (κ2) is 6.67. The Kier molecular flexibility index (Phi) is 5.13. The summed E-state index contributed by atoms with van der Waals surface area (Å²) in [6.45, 7) is 1.73. The minimum Gasteiger partial charge on any atom is -0.481 e. The van der Waals surface area contributed by atoms with Crippen molar-refractivity contribution in [2.24, 2.45) is 5.92 Å². The third-order valence-electron chi connectivity index (χ3n) is 2.82. The standard InChI is InChI=1S/C13H13BrN2O3S2/c1-7(13(18)19)5-16(2)12(17)8-6-20-11(15-8)9-3-4-10(14)21-9/h3-4,6-7H,5H2,1-2H3,(H,18,19). The molecule has 2 aromatic rings. The first kappa shape index (κ1) is 16.1. The van der Waals surface area contributed by atoms with Gasteiger partial charge in [0.25, 0.3) is 5.91 Å². The highest BCUT2D eigenvalue weighted by molar-refractivity contribution is 9.11. The van der Waals surface area contributed by atoms with Crippen molar-refractivity contribution in [2.45, 2.75) is 6.92 Å².